The fourth-order valence-electron chi connectivity index (χ4n) is 3.26. The van der Waals surface area contributed by atoms with Crippen LogP contribution in [-0.2, 0) is 6.61 Å². The van der Waals surface area contributed by atoms with Gasteiger partial charge in [0.15, 0.2) is 11.5 Å². The third-order valence-corrected chi connectivity index (χ3v) is 5.03. The van der Waals surface area contributed by atoms with Crippen LogP contribution in [0.1, 0.15) is 16.8 Å². The highest BCUT2D eigenvalue weighted by Crippen LogP contribution is 2.36. The van der Waals surface area contributed by atoms with Gasteiger partial charge in [-0.15, -0.1) is 0 Å². The number of nitrogens with one attached hydrogen (secondary N) is 1. The van der Waals surface area contributed by atoms with Crippen LogP contribution < -0.4 is 14.8 Å². The first-order valence-electron chi connectivity index (χ1n) is 9.69. The Hall–Kier alpha value is -3.65. The Morgan fingerprint density at radius 1 is 1.06 bits per heavy atom. The van der Waals surface area contributed by atoms with E-state index in [0.717, 1.165) is 11.3 Å². The molecule has 0 saturated heterocycles. The van der Waals surface area contributed by atoms with E-state index in [1.54, 1.807) is 25.1 Å². The zero-order chi connectivity index (χ0) is 22.8. The molecule has 0 amide bonds. The van der Waals surface area contributed by atoms with E-state index in [-0.39, 0.29) is 18.0 Å². The minimum absolute atomic E-state index is 0.0213. The van der Waals surface area contributed by atoms with Crippen LogP contribution in [0.4, 0.5) is 15.9 Å². The van der Waals surface area contributed by atoms with E-state index < -0.39 is 5.82 Å². The molecule has 0 unspecified atom stereocenters. The molecule has 0 fully saturated rings. The highest BCUT2D eigenvalue weighted by molar-refractivity contribution is 6.29. The van der Waals surface area contributed by atoms with E-state index in [9.17, 15) is 9.50 Å². The minimum atomic E-state index is -0.509. The van der Waals surface area contributed by atoms with E-state index in [1.165, 1.54) is 25.6 Å². The van der Waals surface area contributed by atoms with Crippen molar-refractivity contribution in [3.05, 3.63) is 70.5 Å². The quantitative estimate of drug-likeness (QED) is 0.373. The van der Waals surface area contributed by atoms with Crippen molar-refractivity contribution in [3.8, 4) is 17.2 Å². The smallest absolute Gasteiger partial charge is 0.163 e. The summed E-state index contributed by atoms with van der Waals surface area (Å²) in [5.74, 6) is 0.768. The largest absolute Gasteiger partial charge is 0.508 e. The first kappa shape index (κ1) is 21.6. The third kappa shape index (κ3) is 4.50. The van der Waals surface area contributed by atoms with Gasteiger partial charge in [-0.25, -0.2) is 19.3 Å². The van der Waals surface area contributed by atoms with Gasteiger partial charge in [-0.05, 0) is 49.2 Å². The maximum atomic E-state index is 14.4. The molecule has 0 spiro atoms. The lowest BCUT2D eigenvalue weighted by atomic mass is 10.1. The Balaban J connectivity index is 1.67. The Labute approximate surface area is 188 Å². The maximum absolute atomic E-state index is 14.4. The summed E-state index contributed by atoms with van der Waals surface area (Å²) in [7, 11) is 1.52. The average Bonchev–Trinajstić information content (AvgIpc) is 2.75. The summed E-state index contributed by atoms with van der Waals surface area (Å²) in [6.07, 6.45) is 1.36. The van der Waals surface area contributed by atoms with Crippen molar-refractivity contribution >= 4 is 34.0 Å². The summed E-state index contributed by atoms with van der Waals surface area (Å²) >= 11 is 6.02. The lowest BCUT2D eigenvalue weighted by Crippen LogP contribution is -2.02. The molecule has 2 N–H and O–H groups in total. The second-order valence-electron chi connectivity index (χ2n) is 7.21. The summed E-state index contributed by atoms with van der Waals surface area (Å²) in [6, 6.07) is 9.62. The minimum Gasteiger partial charge on any atom is -0.508 e. The van der Waals surface area contributed by atoms with Crippen molar-refractivity contribution in [3.63, 3.8) is 0 Å². The molecule has 4 aromatic rings. The molecule has 9 heteroatoms. The lowest BCUT2D eigenvalue weighted by Gasteiger charge is -2.14. The van der Waals surface area contributed by atoms with Gasteiger partial charge in [0.05, 0.1) is 18.3 Å². The first-order chi connectivity index (χ1) is 15.3. The standard InChI is InChI=1S/C23H20ClFN4O3/c1-12-4-16(25)18(8-19(12)30)29-23-15-7-20(31-3)21(9-17(15)26-11-27-23)32-10-14-5-13(2)28-22(24)6-14/h4-9,11,30H,10H2,1-3H3,(H,26,27,29). The molecule has 0 atom stereocenters. The molecule has 0 aliphatic heterocycles. The number of methoxy groups -OCH3 is 1. The van der Waals surface area contributed by atoms with Crippen LogP contribution in [0, 0.1) is 19.7 Å². The van der Waals surface area contributed by atoms with Crippen molar-refractivity contribution in [2.24, 2.45) is 0 Å². The molecule has 2 heterocycles. The number of phenols is 1. The molecule has 2 aromatic carbocycles. The second kappa shape index (κ2) is 8.84. The van der Waals surface area contributed by atoms with Crippen molar-refractivity contribution in [2.45, 2.75) is 20.5 Å². The summed E-state index contributed by atoms with van der Waals surface area (Å²) in [5, 5.41) is 13.8. The maximum Gasteiger partial charge on any atom is 0.163 e. The molecule has 4 rings (SSSR count). The molecule has 7 nitrogen and oxygen atoms in total. The van der Waals surface area contributed by atoms with Gasteiger partial charge >= 0.3 is 0 Å². The average molecular weight is 455 g/mol. The molecule has 0 bridgehead atoms. The van der Waals surface area contributed by atoms with Gasteiger partial charge in [-0.3, -0.25) is 0 Å². The van der Waals surface area contributed by atoms with Gasteiger partial charge in [0.25, 0.3) is 0 Å². The Morgan fingerprint density at radius 2 is 1.88 bits per heavy atom. The molecule has 32 heavy (non-hydrogen) atoms. The Morgan fingerprint density at radius 3 is 2.62 bits per heavy atom. The van der Waals surface area contributed by atoms with Gasteiger partial charge in [-0.1, -0.05) is 11.6 Å². The van der Waals surface area contributed by atoms with E-state index in [1.807, 2.05) is 13.0 Å². The lowest BCUT2D eigenvalue weighted by molar-refractivity contribution is 0.285. The number of pyridine rings is 1. The highest BCUT2D eigenvalue weighted by Gasteiger charge is 2.14. The number of anilines is 2. The fraction of sp³-hybridized carbons (Fsp3) is 0.174. The molecular weight excluding hydrogens is 435 g/mol. The number of halogens is 2. The Bertz CT molecular complexity index is 1300. The number of nitrogens with zero attached hydrogens (tertiary/aromatic N) is 3. The third-order valence-electron chi connectivity index (χ3n) is 4.84. The Kier molecular flexibility index (Phi) is 5.96. The van der Waals surface area contributed by atoms with Crippen molar-refractivity contribution in [1.29, 1.82) is 0 Å². The van der Waals surface area contributed by atoms with E-state index in [0.29, 0.717) is 38.9 Å². The number of aromatic nitrogens is 3. The predicted molar refractivity (Wildman–Crippen MR) is 120 cm³/mol. The number of hydrogen-bond acceptors (Lipinski definition) is 7. The number of hydrogen-bond donors (Lipinski definition) is 2. The van der Waals surface area contributed by atoms with Crippen LogP contribution in [0.3, 0.4) is 0 Å². The van der Waals surface area contributed by atoms with Gasteiger partial charge in [-0.2, -0.15) is 0 Å². The molecule has 164 valence electrons. The van der Waals surface area contributed by atoms with Gasteiger partial charge in [0.2, 0.25) is 0 Å². The van der Waals surface area contributed by atoms with Gasteiger partial charge in [0, 0.05) is 23.2 Å². The van der Waals surface area contributed by atoms with Crippen LogP contribution >= 0.6 is 11.6 Å². The zero-order valence-corrected chi connectivity index (χ0v) is 18.4. The SMILES string of the molecule is COc1cc2c(Nc3cc(O)c(C)cc3F)ncnc2cc1OCc1cc(C)nc(Cl)c1. The second-order valence-corrected chi connectivity index (χ2v) is 7.60. The van der Waals surface area contributed by atoms with Crippen LogP contribution in [-0.4, -0.2) is 27.2 Å². The number of rotatable bonds is 6. The molecule has 0 aliphatic carbocycles. The molecular formula is C23H20ClFN4O3. The zero-order valence-electron chi connectivity index (χ0n) is 17.6. The van der Waals surface area contributed by atoms with Gasteiger partial charge < -0.3 is 19.9 Å². The van der Waals surface area contributed by atoms with Crippen molar-refractivity contribution in [2.75, 3.05) is 12.4 Å². The van der Waals surface area contributed by atoms with Crippen LogP contribution in [0.2, 0.25) is 5.15 Å². The van der Waals surface area contributed by atoms with Crippen molar-refractivity contribution in [1.82, 2.24) is 15.0 Å². The summed E-state index contributed by atoms with van der Waals surface area (Å²) < 4.78 is 25.8. The fourth-order valence-corrected chi connectivity index (χ4v) is 3.53. The molecule has 0 aliphatic rings. The van der Waals surface area contributed by atoms with Crippen LogP contribution in [0.25, 0.3) is 10.9 Å². The topological polar surface area (TPSA) is 89.4 Å². The number of aryl methyl sites for hydroxylation is 2. The normalized spacial score (nSPS) is 10.9. The highest BCUT2D eigenvalue weighted by atomic mass is 35.5. The molecule has 0 radical (unpaired) electrons. The number of aromatic hydroxyl groups is 1. The summed E-state index contributed by atoms with van der Waals surface area (Å²) in [6.45, 7) is 3.74. The van der Waals surface area contributed by atoms with E-state index >= 15 is 0 Å². The van der Waals surface area contributed by atoms with Crippen LogP contribution in [0.15, 0.2) is 42.7 Å². The number of benzene rings is 2. The number of fused-ring (bicyclic) bond motifs is 1. The molecule has 0 saturated carbocycles. The first-order valence-corrected chi connectivity index (χ1v) is 10.1. The van der Waals surface area contributed by atoms with Crippen molar-refractivity contribution < 1.29 is 19.0 Å². The summed E-state index contributed by atoms with van der Waals surface area (Å²) in [5.41, 5.74) is 2.76. The van der Waals surface area contributed by atoms with E-state index in [2.05, 4.69) is 20.3 Å². The number of phenolic OH excluding ortho intramolecular Hbond substituents is 1. The van der Waals surface area contributed by atoms with Gasteiger partial charge in [0.1, 0.15) is 35.5 Å². The van der Waals surface area contributed by atoms with E-state index in [4.69, 9.17) is 21.1 Å². The summed E-state index contributed by atoms with van der Waals surface area (Å²) in [4.78, 5) is 12.7. The van der Waals surface area contributed by atoms with Crippen LogP contribution in [0.5, 0.6) is 17.2 Å². The molecule has 2 aromatic heterocycles. The number of ether oxygens (including phenoxy) is 2. The predicted octanol–water partition coefficient (Wildman–Crippen LogP) is 5.47. The monoisotopic (exact) mass is 454 g/mol.